The van der Waals surface area contributed by atoms with Gasteiger partial charge >= 0.3 is 26.7 Å². The molecule has 8 heteroatoms. The maximum atomic E-state index is 10.7. The Morgan fingerprint density at radius 1 is 0.676 bits per heavy atom. The summed E-state index contributed by atoms with van der Waals surface area (Å²) in [5.74, 6) is 0. The Morgan fingerprint density at radius 3 is 1.30 bits per heavy atom. The summed E-state index contributed by atoms with van der Waals surface area (Å²) >= 11 is -0.103. The molecule has 2 aromatic carbocycles. The largest absolute Gasteiger partial charge is 0.741 e. The molecule has 0 aliphatic rings. The van der Waals surface area contributed by atoms with E-state index < -0.39 is 15.6 Å². The summed E-state index contributed by atoms with van der Waals surface area (Å²) in [6.07, 6.45) is 15.4. The Labute approximate surface area is 232 Å². The molecule has 2 rings (SSSR count). The van der Waals surface area contributed by atoms with E-state index in [9.17, 15) is 13.2 Å². The molecule has 0 atom stereocenters. The molecule has 0 aromatic heterocycles. The minimum Gasteiger partial charge on any atom is -0.741 e. The van der Waals surface area contributed by atoms with Gasteiger partial charge in [-0.3, -0.25) is 0 Å². The Kier molecular flexibility index (Phi) is 16.0. The van der Waals surface area contributed by atoms with Crippen molar-refractivity contribution < 1.29 is 47.3 Å². The number of alkyl halides is 3. The number of unbranched alkanes of at least 4 members (excludes halogenated alkanes) is 4. The number of halogens is 4. The number of rotatable bonds is 14. The minimum atomic E-state index is -6.09. The van der Waals surface area contributed by atoms with Crippen LogP contribution in [0.5, 0.6) is 0 Å². The van der Waals surface area contributed by atoms with Crippen LogP contribution in [0.25, 0.3) is 0 Å². The molecule has 0 radical (unpaired) electrons. The van der Waals surface area contributed by atoms with Crippen LogP contribution in [-0.4, -0.2) is 18.5 Å². The lowest BCUT2D eigenvalue weighted by atomic mass is 10.0. The van der Waals surface area contributed by atoms with Crippen molar-refractivity contribution in [2.75, 3.05) is 0 Å². The van der Waals surface area contributed by atoms with Crippen molar-refractivity contribution in [3.8, 4) is 0 Å². The molecule has 2 aromatic rings. The van der Waals surface area contributed by atoms with E-state index in [0.717, 1.165) is 0 Å². The monoisotopic (exact) mass is 654 g/mol. The summed E-state index contributed by atoms with van der Waals surface area (Å²) in [5.41, 5.74) is 0.737. The van der Waals surface area contributed by atoms with Crippen molar-refractivity contribution >= 4 is 10.1 Å². The maximum Gasteiger partial charge on any atom is 0.485 e. The second-order valence-electron chi connectivity index (χ2n) is 9.26. The highest BCUT2D eigenvalue weighted by Gasteiger charge is 2.37. The van der Waals surface area contributed by atoms with Gasteiger partial charge in [0.1, 0.15) is 0 Å². The van der Waals surface area contributed by atoms with Crippen molar-refractivity contribution in [1.29, 1.82) is 0 Å². The van der Waals surface area contributed by atoms with Crippen LogP contribution in [0.15, 0.2) is 36.4 Å². The van der Waals surface area contributed by atoms with Crippen LogP contribution >= 0.6 is 0 Å². The molecule has 210 valence electrons. The molecule has 0 unspecified atom stereocenters. The predicted molar refractivity (Wildman–Crippen MR) is 140 cm³/mol. The molecule has 3 nitrogen and oxygen atoms in total. The summed E-state index contributed by atoms with van der Waals surface area (Å²) in [4.78, 5) is 0. The highest BCUT2D eigenvalue weighted by atomic mass is 127. The topological polar surface area (TPSA) is 57.2 Å². The normalized spacial score (nSPS) is 11.8. The van der Waals surface area contributed by atoms with Gasteiger partial charge in [0, 0.05) is 11.1 Å². The lowest BCUT2D eigenvalue weighted by molar-refractivity contribution is -0.599. The molecule has 0 heterocycles. The minimum absolute atomic E-state index is 0.103. The zero-order valence-electron chi connectivity index (χ0n) is 22.6. The molecule has 0 bridgehead atoms. The second-order valence-corrected chi connectivity index (χ2v) is 13.5. The molecular weight excluding hydrogens is 612 g/mol. The number of benzene rings is 2. The maximum absolute atomic E-state index is 10.7. The van der Waals surface area contributed by atoms with Crippen molar-refractivity contribution in [3.63, 3.8) is 0 Å². The molecule has 0 amide bonds. The second kappa shape index (κ2) is 17.5. The first-order chi connectivity index (χ1) is 17.5. The van der Waals surface area contributed by atoms with Gasteiger partial charge in [0.2, 0.25) is 0 Å². The van der Waals surface area contributed by atoms with Crippen LogP contribution in [0.4, 0.5) is 13.2 Å². The molecule has 0 spiro atoms. The van der Waals surface area contributed by atoms with E-state index in [4.69, 9.17) is 13.0 Å². The Hall–Kier alpha value is -1.13. The van der Waals surface area contributed by atoms with E-state index in [0.29, 0.717) is 0 Å². The SMILES string of the molecule is CCCCc1ccc([I+]c2ccc(CCCC)cc2CCCC)c(CCCC)c1.O=S(=O)([O-])C(F)(F)F. The van der Waals surface area contributed by atoms with E-state index in [2.05, 4.69) is 64.1 Å². The smallest absolute Gasteiger partial charge is 0.485 e. The summed E-state index contributed by atoms with van der Waals surface area (Å²) < 4.78 is 62.2. The Morgan fingerprint density at radius 2 is 1.00 bits per heavy atom. The first kappa shape index (κ1) is 33.9. The molecular formula is C29H42F3IO3S. The zero-order chi connectivity index (χ0) is 27.9. The van der Waals surface area contributed by atoms with Gasteiger partial charge in [-0.05, 0) is 74.6 Å². The highest BCUT2D eigenvalue weighted by molar-refractivity contribution is 7.86. The van der Waals surface area contributed by atoms with E-state index in [1.54, 1.807) is 29.4 Å². The van der Waals surface area contributed by atoms with Crippen LogP contribution in [0.1, 0.15) is 101 Å². The molecule has 0 saturated heterocycles. The standard InChI is InChI=1S/C28H42I.CHF3O3S/c1-5-9-13-23-17-19-27(25(21-23)15-11-7-3)29-28-20-18-24(14-10-6-2)22-26(28)16-12-8-4;2-1(3,4)8(5,6)7/h17-22H,5-16H2,1-4H3;(H,5,6,7)/q+1;/p-1. The predicted octanol–water partition coefficient (Wildman–Crippen LogP) is 5.24. The van der Waals surface area contributed by atoms with Crippen molar-refractivity contribution in [2.45, 2.75) is 110 Å². The average molecular weight is 655 g/mol. The highest BCUT2D eigenvalue weighted by Crippen LogP contribution is 2.20. The van der Waals surface area contributed by atoms with Gasteiger partial charge in [-0.15, -0.1) is 0 Å². The first-order valence-corrected chi connectivity index (χ1v) is 16.9. The molecule has 37 heavy (non-hydrogen) atoms. The Bertz CT molecular complexity index is 976. The van der Waals surface area contributed by atoms with Crippen LogP contribution in [-0.2, 0) is 35.8 Å². The van der Waals surface area contributed by atoms with Gasteiger partial charge in [0.25, 0.3) is 0 Å². The summed E-state index contributed by atoms with van der Waals surface area (Å²) in [7, 11) is -6.09. The fourth-order valence-corrected chi connectivity index (χ4v) is 6.63. The molecule has 0 aliphatic heterocycles. The van der Waals surface area contributed by atoms with Crippen LogP contribution in [0, 0.1) is 7.14 Å². The molecule has 0 fully saturated rings. The number of hydrogen-bond donors (Lipinski definition) is 0. The summed E-state index contributed by atoms with van der Waals surface area (Å²) in [6, 6.07) is 14.9. The van der Waals surface area contributed by atoms with Gasteiger partial charge < -0.3 is 4.55 Å². The van der Waals surface area contributed by atoms with Crippen molar-refractivity contribution in [1.82, 2.24) is 0 Å². The van der Waals surface area contributed by atoms with Crippen molar-refractivity contribution in [2.24, 2.45) is 0 Å². The van der Waals surface area contributed by atoms with E-state index >= 15 is 0 Å². The van der Waals surface area contributed by atoms with Gasteiger partial charge in [-0.2, -0.15) is 13.2 Å². The summed E-state index contributed by atoms with van der Waals surface area (Å²) in [5, 5.41) is 0. The van der Waals surface area contributed by atoms with Gasteiger partial charge in [-0.25, -0.2) is 8.42 Å². The first-order valence-electron chi connectivity index (χ1n) is 13.4. The van der Waals surface area contributed by atoms with Crippen LogP contribution in [0.3, 0.4) is 0 Å². The fraction of sp³-hybridized carbons (Fsp3) is 0.586. The molecule has 0 saturated carbocycles. The summed E-state index contributed by atoms with van der Waals surface area (Å²) in [6.45, 7) is 9.21. The third-order valence-corrected chi connectivity index (χ3v) is 9.78. The van der Waals surface area contributed by atoms with E-state index in [1.807, 2.05) is 0 Å². The Balaban J connectivity index is 0.000000738. The lowest BCUT2D eigenvalue weighted by Gasteiger charge is -2.08. The van der Waals surface area contributed by atoms with Crippen LogP contribution in [0.2, 0.25) is 0 Å². The molecule has 0 N–H and O–H groups in total. The average Bonchev–Trinajstić information content (AvgIpc) is 2.84. The number of hydrogen-bond acceptors (Lipinski definition) is 3. The van der Waals surface area contributed by atoms with Gasteiger partial charge in [-0.1, -0.05) is 77.6 Å². The third kappa shape index (κ3) is 13.0. The lowest BCUT2D eigenvalue weighted by Crippen LogP contribution is -3.62. The zero-order valence-corrected chi connectivity index (χ0v) is 25.6. The van der Waals surface area contributed by atoms with E-state index in [-0.39, 0.29) is 21.2 Å². The van der Waals surface area contributed by atoms with Crippen molar-refractivity contribution in [3.05, 3.63) is 65.8 Å². The fourth-order valence-electron chi connectivity index (χ4n) is 3.74. The quantitative estimate of drug-likeness (QED) is 0.159. The van der Waals surface area contributed by atoms with Gasteiger partial charge in [0.05, 0.1) is 0 Å². The van der Waals surface area contributed by atoms with Crippen LogP contribution < -0.4 is 21.2 Å². The van der Waals surface area contributed by atoms with E-state index in [1.165, 1.54) is 77.0 Å². The molecule has 0 aliphatic carbocycles. The number of aryl methyl sites for hydroxylation is 4. The van der Waals surface area contributed by atoms with Gasteiger partial charge in [0.15, 0.2) is 17.3 Å². The third-order valence-electron chi connectivity index (χ3n) is 5.94.